The average molecular weight is 336 g/mol. The highest BCUT2D eigenvalue weighted by atomic mass is 35.5. The minimum atomic E-state index is 0.0865. The van der Waals surface area contributed by atoms with Gasteiger partial charge in [-0.2, -0.15) is 0 Å². The van der Waals surface area contributed by atoms with Crippen molar-refractivity contribution in [3.8, 4) is 11.1 Å². The molecule has 0 radical (unpaired) electrons. The summed E-state index contributed by atoms with van der Waals surface area (Å²) < 4.78 is 5.69. The molecule has 5 heteroatoms. The molecule has 1 saturated heterocycles. The van der Waals surface area contributed by atoms with Crippen molar-refractivity contribution in [3.05, 3.63) is 45.6 Å². The van der Waals surface area contributed by atoms with Gasteiger partial charge in [0.1, 0.15) is 0 Å². The second-order valence-corrected chi connectivity index (χ2v) is 7.02. The van der Waals surface area contributed by atoms with Crippen molar-refractivity contribution in [3.63, 3.8) is 0 Å². The molecule has 1 fully saturated rings. The van der Waals surface area contributed by atoms with E-state index in [0.29, 0.717) is 18.1 Å². The van der Waals surface area contributed by atoms with Crippen molar-refractivity contribution < 1.29 is 9.53 Å². The van der Waals surface area contributed by atoms with E-state index in [9.17, 15) is 4.79 Å². The number of carbonyl (C=O) groups excluding carboxylic acids is 1. The van der Waals surface area contributed by atoms with E-state index in [-0.39, 0.29) is 18.1 Å². The molecule has 1 amide bonds. The summed E-state index contributed by atoms with van der Waals surface area (Å²) in [5.41, 5.74) is 2.13. The number of carbonyl (C=O) groups is 1. The van der Waals surface area contributed by atoms with Crippen LogP contribution < -0.4 is 0 Å². The fourth-order valence-electron chi connectivity index (χ4n) is 2.74. The molecule has 1 aliphatic rings. The molecule has 22 heavy (non-hydrogen) atoms. The van der Waals surface area contributed by atoms with E-state index >= 15 is 0 Å². The number of hydrogen-bond donors (Lipinski definition) is 0. The third kappa shape index (κ3) is 3.35. The van der Waals surface area contributed by atoms with E-state index in [0.717, 1.165) is 16.0 Å². The summed E-state index contributed by atoms with van der Waals surface area (Å²) in [4.78, 5) is 15.3. The monoisotopic (exact) mass is 335 g/mol. The third-order valence-electron chi connectivity index (χ3n) is 3.69. The summed E-state index contributed by atoms with van der Waals surface area (Å²) >= 11 is 7.40. The molecular weight excluding hydrogens is 318 g/mol. The van der Waals surface area contributed by atoms with Crippen molar-refractivity contribution in [2.45, 2.75) is 26.1 Å². The Hall–Kier alpha value is -1.36. The van der Waals surface area contributed by atoms with Gasteiger partial charge in [0.05, 0.1) is 17.1 Å². The zero-order valence-corrected chi connectivity index (χ0v) is 14.2. The smallest absolute Gasteiger partial charge is 0.264 e. The Morgan fingerprint density at radius 1 is 1.18 bits per heavy atom. The van der Waals surface area contributed by atoms with Gasteiger partial charge >= 0.3 is 0 Å². The lowest BCUT2D eigenvalue weighted by Crippen LogP contribution is -2.48. The van der Waals surface area contributed by atoms with Crippen LogP contribution in [0.1, 0.15) is 23.5 Å². The van der Waals surface area contributed by atoms with Crippen LogP contribution in [0.4, 0.5) is 0 Å². The summed E-state index contributed by atoms with van der Waals surface area (Å²) in [6, 6.07) is 9.62. The molecule has 2 aromatic rings. The third-order valence-corrected chi connectivity index (χ3v) is 4.86. The lowest BCUT2D eigenvalue weighted by atomic mass is 10.1. The minimum Gasteiger partial charge on any atom is -0.372 e. The highest BCUT2D eigenvalue weighted by Gasteiger charge is 2.27. The van der Waals surface area contributed by atoms with Crippen molar-refractivity contribution in [1.29, 1.82) is 0 Å². The molecule has 3 rings (SSSR count). The maximum atomic E-state index is 12.6. The second-order valence-electron chi connectivity index (χ2n) is 5.67. The number of nitrogens with zero attached hydrogens (tertiary/aromatic N) is 1. The van der Waals surface area contributed by atoms with Crippen LogP contribution in [-0.4, -0.2) is 36.1 Å². The number of rotatable bonds is 2. The van der Waals surface area contributed by atoms with Gasteiger partial charge < -0.3 is 9.64 Å². The van der Waals surface area contributed by atoms with Crippen LogP contribution in [0.5, 0.6) is 0 Å². The molecule has 0 N–H and O–H groups in total. The summed E-state index contributed by atoms with van der Waals surface area (Å²) in [7, 11) is 0. The van der Waals surface area contributed by atoms with E-state index in [1.165, 1.54) is 11.3 Å². The number of amides is 1. The first-order valence-electron chi connectivity index (χ1n) is 7.32. The Bertz CT molecular complexity index is 658. The maximum absolute atomic E-state index is 12.6. The van der Waals surface area contributed by atoms with Crippen LogP contribution in [0, 0.1) is 0 Å². The first-order valence-corrected chi connectivity index (χ1v) is 8.58. The molecule has 1 aromatic heterocycles. The fraction of sp³-hybridized carbons (Fsp3) is 0.353. The molecule has 0 saturated carbocycles. The molecule has 1 aliphatic heterocycles. The SMILES string of the molecule is C[C@@H]1CN(C(=O)c2cc(-c3ccc(Cl)cc3)cs2)C[C@H](C)O1. The van der Waals surface area contributed by atoms with Crippen LogP contribution in [0.3, 0.4) is 0 Å². The lowest BCUT2D eigenvalue weighted by Gasteiger charge is -2.35. The van der Waals surface area contributed by atoms with E-state index in [4.69, 9.17) is 16.3 Å². The summed E-state index contributed by atoms with van der Waals surface area (Å²) in [6.45, 7) is 5.31. The maximum Gasteiger partial charge on any atom is 0.264 e. The number of thiophene rings is 1. The molecule has 0 bridgehead atoms. The molecular formula is C17H18ClNO2S. The van der Waals surface area contributed by atoms with Crippen LogP contribution in [0.15, 0.2) is 35.7 Å². The summed E-state index contributed by atoms with van der Waals surface area (Å²) in [5.74, 6) is 0.0900. The van der Waals surface area contributed by atoms with E-state index in [1.807, 2.05) is 54.5 Å². The number of benzene rings is 1. The van der Waals surface area contributed by atoms with Crippen molar-refractivity contribution in [2.75, 3.05) is 13.1 Å². The Kier molecular flexibility index (Phi) is 4.52. The van der Waals surface area contributed by atoms with E-state index < -0.39 is 0 Å². The second kappa shape index (κ2) is 6.41. The normalized spacial score (nSPS) is 21.9. The molecule has 116 valence electrons. The highest BCUT2D eigenvalue weighted by Crippen LogP contribution is 2.28. The van der Waals surface area contributed by atoms with E-state index in [2.05, 4.69) is 0 Å². The Labute approximate surface area is 139 Å². The molecule has 0 unspecified atom stereocenters. The molecule has 0 aliphatic carbocycles. The van der Waals surface area contributed by atoms with Crippen molar-refractivity contribution in [1.82, 2.24) is 4.90 Å². The van der Waals surface area contributed by atoms with Gasteiger partial charge in [0.25, 0.3) is 5.91 Å². The summed E-state index contributed by atoms with van der Waals surface area (Å²) in [5, 5.41) is 2.73. The lowest BCUT2D eigenvalue weighted by molar-refractivity contribution is -0.0585. The van der Waals surface area contributed by atoms with Crippen LogP contribution in [0.25, 0.3) is 11.1 Å². The average Bonchev–Trinajstić information content (AvgIpc) is 2.96. The number of ether oxygens (including phenoxy) is 1. The molecule has 2 atom stereocenters. The molecule has 1 aromatic carbocycles. The zero-order valence-electron chi connectivity index (χ0n) is 12.6. The van der Waals surface area contributed by atoms with Crippen LogP contribution >= 0.6 is 22.9 Å². The number of halogens is 1. The predicted molar refractivity (Wildman–Crippen MR) is 90.7 cm³/mol. The van der Waals surface area contributed by atoms with Gasteiger partial charge in [-0.05, 0) is 48.6 Å². The van der Waals surface area contributed by atoms with Crippen LogP contribution in [-0.2, 0) is 4.74 Å². The Morgan fingerprint density at radius 2 is 1.82 bits per heavy atom. The number of morpholine rings is 1. The molecule has 0 spiro atoms. The fourth-order valence-corrected chi connectivity index (χ4v) is 3.75. The highest BCUT2D eigenvalue weighted by molar-refractivity contribution is 7.12. The van der Waals surface area contributed by atoms with Gasteiger partial charge in [-0.15, -0.1) is 11.3 Å². The predicted octanol–water partition coefficient (Wildman–Crippen LogP) is 4.32. The molecule has 2 heterocycles. The van der Waals surface area contributed by atoms with Gasteiger partial charge in [-0.3, -0.25) is 4.79 Å². The van der Waals surface area contributed by atoms with Crippen LogP contribution in [0.2, 0.25) is 5.02 Å². The first kappa shape index (κ1) is 15.5. The van der Waals surface area contributed by atoms with E-state index in [1.54, 1.807) is 0 Å². The van der Waals surface area contributed by atoms with Gasteiger partial charge in [0.2, 0.25) is 0 Å². The quantitative estimate of drug-likeness (QED) is 0.818. The zero-order chi connectivity index (χ0) is 15.7. The standard InChI is InChI=1S/C17H18ClNO2S/c1-11-8-19(9-12(2)21-11)17(20)16-7-14(10-22-16)13-3-5-15(18)6-4-13/h3-7,10-12H,8-9H2,1-2H3/t11-,12+. The molecule has 3 nitrogen and oxygen atoms in total. The number of hydrogen-bond acceptors (Lipinski definition) is 3. The first-order chi connectivity index (χ1) is 10.5. The summed E-state index contributed by atoms with van der Waals surface area (Å²) in [6.07, 6.45) is 0.173. The minimum absolute atomic E-state index is 0.0865. The Balaban J connectivity index is 1.78. The van der Waals surface area contributed by atoms with Crippen molar-refractivity contribution >= 4 is 28.8 Å². The van der Waals surface area contributed by atoms with Gasteiger partial charge in [-0.25, -0.2) is 0 Å². The van der Waals surface area contributed by atoms with Crippen molar-refractivity contribution in [2.24, 2.45) is 0 Å². The van der Waals surface area contributed by atoms with Gasteiger partial charge in [-0.1, -0.05) is 23.7 Å². The Morgan fingerprint density at radius 3 is 2.45 bits per heavy atom. The largest absolute Gasteiger partial charge is 0.372 e. The van der Waals surface area contributed by atoms with Gasteiger partial charge in [0.15, 0.2) is 0 Å². The van der Waals surface area contributed by atoms with Gasteiger partial charge in [0, 0.05) is 18.1 Å². The topological polar surface area (TPSA) is 29.5 Å².